The van der Waals surface area contributed by atoms with Crippen LogP contribution < -0.4 is 11.0 Å². The maximum Gasteiger partial charge on any atom is 0.333 e. The normalized spacial score (nSPS) is 18.7. The molecule has 6 aromatic rings. The Balaban J connectivity index is 1.28. The van der Waals surface area contributed by atoms with Crippen LogP contribution >= 0.6 is 0 Å². The Kier molecular flexibility index (Phi) is 4.88. The quantitative estimate of drug-likeness (QED) is 0.318. The number of fused-ring (bicyclic) bond motifs is 6. The Morgan fingerprint density at radius 3 is 2.54 bits per heavy atom. The molecule has 0 aliphatic carbocycles. The number of hydrogen-bond donors (Lipinski definition) is 1. The third kappa shape index (κ3) is 3.56. The fourth-order valence-electron chi connectivity index (χ4n) is 6.40. The van der Waals surface area contributed by atoms with Gasteiger partial charge in [0.05, 0.1) is 34.0 Å². The molecular formula is C33H27N5O. The zero-order valence-electron chi connectivity index (χ0n) is 21.6. The number of nitrogens with one attached hydrogen (secondary N) is 1. The second-order valence-corrected chi connectivity index (χ2v) is 10.8. The Morgan fingerprint density at radius 1 is 0.846 bits per heavy atom. The Labute approximate surface area is 225 Å². The molecule has 3 aromatic carbocycles. The summed E-state index contributed by atoms with van der Waals surface area (Å²) in [5.74, 6) is 0. The third-order valence-electron chi connectivity index (χ3n) is 8.45. The molecule has 1 N–H and O–H groups in total. The van der Waals surface area contributed by atoms with Gasteiger partial charge in [-0.25, -0.2) is 4.79 Å². The van der Waals surface area contributed by atoms with E-state index in [1.165, 1.54) is 24.0 Å². The Hall–Kier alpha value is -4.55. The van der Waals surface area contributed by atoms with Crippen LogP contribution in [0.2, 0.25) is 0 Å². The van der Waals surface area contributed by atoms with E-state index in [-0.39, 0.29) is 5.69 Å². The molecule has 1 saturated heterocycles. The first-order chi connectivity index (χ1) is 19.1. The Morgan fingerprint density at radius 2 is 1.67 bits per heavy atom. The van der Waals surface area contributed by atoms with E-state index in [1.807, 2.05) is 42.1 Å². The van der Waals surface area contributed by atoms with Gasteiger partial charge in [0.2, 0.25) is 0 Å². The van der Waals surface area contributed by atoms with E-state index in [0.717, 1.165) is 56.1 Å². The molecule has 190 valence electrons. The molecule has 6 heteroatoms. The highest BCUT2D eigenvalue weighted by Gasteiger charge is 2.28. The van der Waals surface area contributed by atoms with Gasteiger partial charge < -0.3 is 5.32 Å². The number of benzene rings is 3. The van der Waals surface area contributed by atoms with Gasteiger partial charge in [0, 0.05) is 41.7 Å². The predicted octanol–water partition coefficient (Wildman–Crippen LogP) is 6.00. The topological polar surface area (TPSA) is 64.7 Å². The average molecular weight is 510 g/mol. The zero-order chi connectivity index (χ0) is 26.1. The summed E-state index contributed by atoms with van der Waals surface area (Å²) in [4.78, 5) is 22.9. The first-order valence-electron chi connectivity index (χ1n) is 13.6. The van der Waals surface area contributed by atoms with E-state index >= 15 is 0 Å². The molecule has 8 rings (SSSR count). The monoisotopic (exact) mass is 509 g/mol. The number of nitrogens with zero attached hydrogens (tertiary/aromatic N) is 4. The molecule has 2 aliphatic heterocycles. The van der Waals surface area contributed by atoms with Crippen molar-refractivity contribution in [2.75, 3.05) is 0 Å². The number of rotatable bonds is 3. The van der Waals surface area contributed by atoms with Crippen molar-refractivity contribution >= 4 is 38.4 Å². The van der Waals surface area contributed by atoms with E-state index in [4.69, 9.17) is 4.98 Å². The number of aryl methyl sites for hydroxylation is 1. The Bertz CT molecular complexity index is 2010. The second kappa shape index (κ2) is 8.48. The van der Waals surface area contributed by atoms with Gasteiger partial charge in [0.25, 0.3) is 0 Å². The highest BCUT2D eigenvalue weighted by atomic mass is 16.1. The lowest BCUT2D eigenvalue weighted by molar-refractivity contribution is 0.575. The van der Waals surface area contributed by atoms with Gasteiger partial charge in [-0.2, -0.15) is 0 Å². The number of imidazole rings is 1. The van der Waals surface area contributed by atoms with E-state index in [1.54, 1.807) is 10.8 Å². The number of hydrogen-bond acceptors (Lipinski definition) is 4. The van der Waals surface area contributed by atoms with Crippen molar-refractivity contribution in [1.82, 2.24) is 24.4 Å². The fraction of sp³-hybridized carbons (Fsp3) is 0.182. The molecule has 1 fully saturated rings. The number of para-hydroxylation sites is 1. The van der Waals surface area contributed by atoms with Crippen LogP contribution in [0.5, 0.6) is 0 Å². The molecule has 5 heterocycles. The second-order valence-electron chi connectivity index (χ2n) is 10.8. The van der Waals surface area contributed by atoms with Crippen molar-refractivity contribution in [3.8, 4) is 16.8 Å². The van der Waals surface area contributed by atoms with Crippen LogP contribution in [-0.2, 0) is 7.05 Å². The molecule has 2 unspecified atom stereocenters. The van der Waals surface area contributed by atoms with E-state index in [2.05, 4.69) is 64.9 Å². The van der Waals surface area contributed by atoms with Crippen LogP contribution in [0.25, 0.3) is 55.2 Å². The van der Waals surface area contributed by atoms with Gasteiger partial charge in [-0.15, -0.1) is 0 Å². The van der Waals surface area contributed by atoms with Crippen LogP contribution in [0.1, 0.15) is 24.8 Å². The van der Waals surface area contributed by atoms with Crippen molar-refractivity contribution in [1.29, 1.82) is 0 Å². The van der Waals surface area contributed by atoms with Gasteiger partial charge >= 0.3 is 5.69 Å². The van der Waals surface area contributed by atoms with Crippen molar-refractivity contribution in [3.05, 3.63) is 107 Å². The van der Waals surface area contributed by atoms with Crippen molar-refractivity contribution < 1.29 is 0 Å². The maximum atomic E-state index is 13.6. The highest BCUT2D eigenvalue weighted by molar-refractivity contribution is 6.05. The van der Waals surface area contributed by atoms with Crippen LogP contribution in [0.15, 0.2) is 96.1 Å². The minimum Gasteiger partial charge on any atom is -0.307 e. The van der Waals surface area contributed by atoms with Gasteiger partial charge in [-0.3, -0.25) is 19.1 Å². The lowest BCUT2D eigenvalue weighted by atomic mass is 9.96. The molecule has 2 atom stereocenters. The summed E-state index contributed by atoms with van der Waals surface area (Å²) in [6.45, 7) is 0. The van der Waals surface area contributed by atoms with Crippen molar-refractivity contribution in [3.63, 3.8) is 0 Å². The smallest absolute Gasteiger partial charge is 0.307 e. The first-order valence-corrected chi connectivity index (χ1v) is 13.6. The van der Waals surface area contributed by atoms with Gasteiger partial charge in [-0.05, 0) is 72.4 Å². The molecule has 39 heavy (non-hydrogen) atoms. The van der Waals surface area contributed by atoms with Crippen LogP contribution in [0.3, 0.4) is 0 Å². The summed E-state index contributed by atoms with van der Waals surface area (Å²) in [5, 5.41) is 5.70. The van der Waals surface area contributed by atoms with Crippen LogP contribution in [0.4, 0.5) is 0 Å². The summed E-state index contributed by atoms with van der Waals surface area (Å²) in [5.41, 5.74) is 9.00. The van der Waals surface area contributed by atoms with Crippen molar-refractivity contribution in [2.24, 2.45) is 7.05 Å². The molecule has 0 amide bonds. The van der Waals surface area contributed by atoms with E-state index in [0.29, 0.717) is 12.1 Å². The lowest BCUT2D eigenvalue weighted by Gasteiger charge is -2.21. The molecule has 6 nitrogen and oxygen atoms in total. The lowest BCUT2D eigenvalue weighted by Crippen LogP contribution is -2.31. The molecule has 3 aromatic heterocycles. The summed E-state index contributed by atoms with van der Waals surface area (Å²) in [6, 6.07) is 26.1. The molecular weight excluding hydrogens is 482 g/mol. The summed E-state index contributed by atoms with van der Waals surface area (Å²) < 4.78 is 3.51. The minimum absolute atomic E-state index is 0.0797. The summed E-state index contributed by atoms with van der Waals surface area (Å²) in [7, 11) is 1.82. The number of pyridine rings is 2. The molecule has 0 saturated carbocycles. The van der Waals surface area contributed by atoms with Gasteiger partial charge in [-0.1, -0.05) is 42.5 Å². The largest absolute Gasteiger partial charge is 0.333 e. The number of aromatic nitrogens is 4. The zero-order valence-corrected chi connectivity index (χ0v) is 21.6. The highest BCUT2D eigenvalue weighted by Crippen LogP contribution is 2.34. The third-order valence-corrected chi connectivity index (χ3v) is 8.45. The van der Waals surface area contributed by atoms with Gasteiger partial charge in [0.1, 0.15) is 0 Å². The molecule has 2 bridgehead atoms. The average Bonchev–Trinajstić information content (AvgIpc) is 3.46. The molecule has 0 spiro atoms. The molecule has 2 aliphatic rings. The van der Waals surface area contributed by atoms with E-state index < -0.39 is 0 Å². The first kappa shape index (κ1) is 22.4. The minimum atomic E-state index is -0.0797. The predicted molar refractivity (Wildman–Crippen MR) is 157 cm³/mol. The fourth-order valence-corrected chi connectivity index (χ4v) is 6.40. The van der Waals surface area contributed by atoms with Crippen LogP contribution in [0, 0.1) is 0 Å². The van der Waals surface area contributed by atoms with Crippen molar-refractivity contribution in [2.45, 2.75) is 31.3 Å². The van der Waals surface area contributed by atoms with E-state index in [9.17, 15) is 4.79 Å². The summed E-state index contributed by atoms with van der Waals surface area (Å²) >= 11 is 0. The standard InChI is InChI=1S/C33H27N5O/c1-37-31-19-35-30-13-8-21(24-14-22-4-2-3-5-29(22)34-18-24)17-28(30)32(31)38(33(37)39)27-11-6-20(7-12-27)23-15-25-9-10-26(16-23)36-25/h2-8,11-15,17-19,25-26,36H,9-10,16H2,1H3. The van der Waals surface area contributed by atoms with Gasteiger partial charge in [0.15, 0.2) is 0 Å². The SMILES string of the molecule is Cn1c(=O)n(-c2ccc(C3=CC4CCC(C3)N4)cc2)c2c3cc(-c4cnc5ccccc5c4)ccc3ncc21. The maximum absolute atomic E-state index is 13.6. The van der Waals surface area contributed by atoms with Crippen LogP contribution in [-0.4, -0.2) is 31.2 Å². The summed E-state index contributed by atoms with van der Waals surface area (Å²) in [6.07, 6.45) is 9.62. The molecule has 0 radical (unpaired) electrons.